The smallest absolute Gasteiger partial charge is 0.345 e. The number of halogens is 1. The van der Waals surface area contributed by atoms with Crippen LogP contribution >= 0.6 is 0 Å². The van der Waals surface area contributed by atoms with Crippen molar-refractivity contribution < 1.29 is 49.4 Å². The Morgan fingerprint density at radius 1 is 1.26 bits per heavy atom. The highest BCUT2D eigenvalue weighted by Gasteiger charge is 2.70. The van der Waals surface area contributed by atoms with Crippen LogP contribution in [0.5, 0.6) is 5.75 Å². The summed E-state index contributed by atoms with van der Waals surface area (Å²) in [6.07, 6.45) is -3.58. The first-order valence-corrected chi connectivity index (χ1v) is 9.75. The largest absolute Gasteiger partial charge is 0.508 e. The van der Waals surface area contributed by atoms with Crippen LogP contribution in [-0.2, 0) is 21.9 Å². The third-order valence-electron chi connectivity index (χ3n) is 5.20. The maximum Gasteiger partial charge on any atom is 0.345 e. The van der Waals surface area contributed by atoms with E-state index in [1.807, 2.05) is 0 Å². The lowest BCUT2D eigenvalue weighted by atomic mass is 10.00. The summed E-state index contributed by atoms with van der Waals surface area (Å²) in [5.74, 6) is -4.89. The lowest BCUT2D eigenvalue weighted by molar-refractivity contribution is -0.413. The molecule has 186 valence electrons. The van der Waals surface area contributed by atoms with E-state index in [-0.39, 0.29) is 20.9 Å². The van der Waals surface area contributed by atoms with Crippen LogP contribution in [0.25, 0.3) is 0 Å². The second-order valence-corrected chi connectivity index (χ2v) is 7.34. The Kier molecular flexibility index (Phi) is 7.18. The number of hydroxylamine groups is 2. The van der Waals surface area contributed by atoms with Crippen LogP contribution in [0.2, 0.25) is 0 Å². The number of H-pyrrole nitrogens is 1. The van der Waals surface area contributed by atoms with Gasteiger partial charge in [0.15, 0.2) is 0 Å². The fourth-order valence-electron chi connectivity index (χ4n) is 3.45. The molecule has 1 aromatic heterocycles. The zero-order chi connectivity index (χ0) is 25.3. The van der Waals surface area contributed by atoms with Crippen molar-refractivity contribution in [2.24, 2.45) is 0 Å². The summed E-state index contributed by atoms with van der Waals surface area (Å²) >= 11 is 0. The van der Waals surface area contributed by atoms with E-state index in [9.17, 15) is 49.5 Å². The summed E-state index contributed by atoms with van der Waals surface area (Å²) < 4.78 is 22.0. The summed E-state index contributed by atoms with van der Waals surface area (Å²) in [4.78, 5) is 38.3. The van der Waals surface area contributed by atoms with Crippen molar-refractivity contribution in [3.05, 3.63) is 62.4 Å². The van der Waals surface area contributed by atoms with Crippen LogP contribution in [0.4, 0.5) is 4.39 Å². The molecule has 0 aliphatic carbocycles. The average molecular weight is 487 g/mol. The highest BCUT2D eigenvalue weighted by molar-refractivity contribution is 5.88. The summed E-state index contributed by atoms with van der Waals surface area (Å²) in [5, 5.41) is 62.7. The van der Waals surface area contributed by atoms with Crippen molar-refractivity contribution in [2.45, 2.75) is 30.4 Å². The number of aromatic hydroxyl groups is 1. The van der Waals surface area contributed by atoms with Gasteiger partial charge in [0.2, 0.25) is 5.72 Å². The number of hydrogen-bond donors (Lipinski definition) is 7. The van der Waals surface area contributed by atoms with Gasteiger partial charge in [0, 0.05) is 6.20 Å². The van der Waals surface area contributed by atoms with Gasteiger partial charge in [-0.15, -0.1) is 5.06 Å². The normalized spacial score (nSPS) is 26.7. The number of aliphatic hydroxyl groups excluding tert-OH is 2. The average Bonchev–Trinajstić information content (AvgIpc) is 3.01. The molecule has 3 rings (SSSR count). The fourth-order valence-corrected chi connectivity index (χ4v) is 3.45. The molecule has 15 heteroatoms. The Morgan fingerprint density at radius 3 is 2.50 bits per heavy atom. The molecule has 0 unspecified atom stereocenters. The second-order valence-electron chi connectivity index (χ2n) is 7.34. The van der Waals surface area contributed by atoms with Crippen molar-refractivity contribution in [3.8, 4) is 5.75 Å². The van der Waals surface area contributed by atoms with Crippen molar-refractivity contribution in [1.82, 2.24) is 14.6 Å². The lowest BCUT2D eigenvalue weighted by Crippen LogP contribution is -2.68. The van der Waals surface area contributed by atoms with Crippen LogP contribution in [0.1, 0.15) is 15.9 Å². The fraction of sp³-hybridized carbons (Fsp3) is 0.421. The number of esters is 1. The Balaban J connectivity index is 2.11. The molecule has 14 nitrogen and oxygen atoms in total. The van der Waals surface area contributed by atoms with Gasteiger partial charge in [0.25, 0.3) is 5.56 Å². The molecule has 0 bridgehead atoms. The minimum absolute atomic E-state index is 0.0123. The number of ether oxygens (including phenoxy) is 2. The van der Waals surface area contributed by atoms with E-state index < -0.39 is 73.1 Å². The summed E-state index contributed by atoms with van der Waals surface area (Å²) in [6.45, 7) is -3.40. The van der Waals surface area contributed by atoms with Gasteiger partial charge in [0.1, 0.15) is 36.8 Å². The zero-order valence-corrected chi connectivity index (χ0v) is 17.4. The Bertz CT molecular complexity index is 1150. The summed E-state index contributed by atoms with van der Waals surface area (Å²) in [5.41, 5.74) is -6.64. The Morgan fingerprint density at radius 2 is 1.91 bits per heavy atom. The van der Waals surface area contributed by atoms with E-state index >= 15 is 0 Å². The van der Waals surface area contributed by atoms with E-state index in [4.69, 9.17) is 4.74 Å². The molecule has 4 atom stereocenters. The van der Waals surface area contributed by atoms with E-state index in [0.29, 0.717) is 6.20 Å². The monoisotopic (exact) mass is 487 g/mol. The minimum atomic E-state index is -3.39. The number of carbonyl (C=O) groups is 1. The minimum Gasteiger partial charge on any atom is -0.508 e. The van der Waals surface area contributed by atoms with Gasteiger partial charge < -0.3 is 40.2 Å². The number of aromatic nitrogens is 2. The molecule has 0 radical (unpaired) electrons. The quantitative estimate of drug-likeness (QED) is 0.115. The van der Waals surface area contributed by atoms with Crippen molar-refractivity contribution in [3.63, 3.8) is 0 Å². The first-order valence-electron chi connectivity index (χ1n) is 9.75. The molecule has 1 aromatic carbocycles. The molecular weight excluding hydrogens is 465 g/mol. The third-order valence-corrected chi connectivity index (χ3v) is 5.20. The van der Waals surface area contributed by atoms with Crippen molar-refractivity contribution in [2.75, 3.05) is 19.9 Å². The van der Waals surface area contributed by atoms with Crippen LogP contribution in [-0.4, -0.2) is 89.1 Å². The molecule has 1 aliphatic heterocycles. The van der Waals surface area contributed by atoms with Crippen LogP contribution < -0.4 is 11.2 Å². The third kappa shape index (κ3) is 4.21. The standard InChI is InChI=1S/C19H22FN3O11/c20-5-6-33-16(28)12-8-22(17(29)21-15(12)27)19(31)18(30,14(26)13(9-24)34-19)23(32)7-10-1-3-11(25)4-2-10/h1-4,8,13-14,24-26,30-32H,5-7,9H2,(H,21,27,29)/t13-,14-,18-,19-/m1/s1. The Hall–Kier alpha value is -3.18. The van der Waals surface area contributed by atoms with Gasteiger partial charge in [0.05, 0.1) is 13.2 Å². The topological polar surface area (TPSA) is 215 Å². The molecule has 1 saturated heterocycles. The molecule has 0 amide bonds. The number of phenolic OH excluding ortho intramolecular Hbond substituents is 1. The first kappa shape index (κ1) is 25.4. The molecule has 2 aromatic rings. The number of aromatic amines is 1. The van der Waals surface area contributed by atoms with Gasteiger partial charge >= 0.3 is 17.6 Å². The molecule has 1 aliphatic rings. The number of phenols is 1. The van der Waals surface area contributed by atoms with E-state index in [1.165, 1.54) is 24.3 Å². The van der Waals surface area contributed by atoms with Crippen molar-refractivity contribution in [1.29, 1.82) is 0 Å². The molecule has 34 heavy (non-hydrogen) atoms. The van der Waals surface area contributed by atoms with Crippen LogP contribution in [0, 0.1) is 0 Å². The van der Waals surface area contributed by atoms with Gasteiger partial charge in [-0.25, -0.2) is 18.5 Å². The predicted octanol–water partition coefficient (Wildman–Crippen LogP) is -2.70. The molecule has 7 N–H and O–H groups in total. The number of aliphatic hydroxyl groups is 4. The number of carbonyl (C=O) groups excluding carboxylic acids is 1. The number of alkyl halides is 1. The number of benzene rings is 1. The van der Waals surface area contributed by atoms with Crippen LogP contribution in [0.15, 0.2) is 40.1 Å². The SMILES string of the molecule is O=C(OCCF)c1cn([C@]2(O)O[C@H](CO)[C@@H](O)[C@]2(O)N(O)Cc2ccc(O)cc2)c(=O)[nH]c1=O. The summed E-state index contributed by atoms with van der Waals surface area (Å²) in [7, 11) is 0. The van der Waals surface area contributed by atoms with Gasteiger partial charge in [-0.2, -0.15) is 0 Å². The highest BCUT2D eigenvalue weighted by atomic mass is 19.1. The molecule has 0 spiro atoms. The molecule has 0 saturated carbocycles. The number of rotatable bonds is 8. The predicted molar refractivity (Wildman–Crippen MR) is 106 cm³/mol. The van der Waals surface area contributed by atoms with Crippen LogP contribution in [0.3, 0.4) is 0 Å². The van der Waals surface area contributed by atoms with Crippen molar-refractivity contribution >= 4 is 5.97 Å². The van der Waals surface area contributed by atoms with E-state index in [0.717, 1.165) is 0 Å². The lowest BCUT2D eigenvalue weighted by Gasteiger charge is -2.42. The highest BCUT2D eigenvalue weighted by Crippen LogP contribution is 2.43. The molecular formula is C19H22FN3O11. The van der Waals surface area contributed by atoms with Gasteiger partial charge in [-0.1, -0.05) is 12.1 Å². The zero-order valence-electron chi connectivity index (χ0n) is 17.4. The summed E-state index contributed by atoms with van der Waals surface area (Å²) in [6, 6.07) is 5.16. The maximum absolute atomic E-state index is 12.5. The van der Waals surface area contributed by atoms with Gasteiger partial charge in [-0.3, -0.25) is 9.78 Å². The first-order chi connectivity index (χ1) is 16.0. The second kappa shape index (κ2) is 9.59. The molecule has 2 heterocycles. The molecule has 1 fully saturated rings. The number of hydrogen-bond acceptors (Lipinski definition) is 12. The maximum atomic E-state index is 12.5. The number of nitrogens with zero attached hydrogens (tertiary/aromatic N) is 2. The number of nitrogens with one attached hydrogen (secondary N) is 1. The van der Waals surface area contributed by atoms with Gasteiger partial charge in [-0.05, 0) is 17.7 Å². The van der Waals surface area contributed by atoms with E-state index in [1.54, 1.807) is 4.98 Å². The Labute approximate surface area is 189 Å². The van der Waals surface area contributed by atoms with E-state index in [2.05, 4.69) is 4.74 Å².